The Bertz CT molecular complexity index is 346. The summed E-state index contributed by atoms with van der Waals surface area (Å²) in [5, 5.41) is 9.96. The summed E-state index contributed by atoms with van der Waals surface area (Å²) in [6, 6.07) is 8.08. The van der Waals surface area contributed by atoms with Gasteiger partial charge in [0.2, 0.25) is 0 Å². The van der Waals surface area contributed by atoms with Gasteiger partial charge >= 0.3 is 0 Å². The third kappa shape index (κ3) is 2.99. The molecule has 0 radical (unpaired) electrons. The Morgan fingerprint density at radius 1 is 1.12 bits per heavy atom. The second-order valence-corrected chi connectivity index (χ2v) is 4.71. The van der Waals surface area contributed by atoms with Gasteiger partial charge in [0.25, 0.3) is 0 Å². The second kappa shape index (κ2) is 6.03. The second-order valence-electron chi connectivity index (χ2n) is 4.71. The third-order valence-electron chi connectivity index (χ3n) is 3.47. The average Bonchev–Trinajstić information content (AvgIpc) is 2.66. The van der Waals surface area contributed by atoms with Crippen LogP contribution in [0.2, 0.25) is 0 Å². The van der Waals surface area contributed by atoms with Crippen molar-refractivity contribution >= 4 is 5.69 Å². The monoisotopic (exact) mass is 234 g/mol. The van der Waals surface area contributed by atoms with E-state index in [2.05, 4.69) is 11.0 Å². The highest BCUT2D eigenvalue weighted by Crippen LogP contribution is 2.27. The lowest BCUT2D eigenvalue weighted by molar-refractivity contribution is 0.187. The van der Waals surface area contributed by atoms with Crippen LogP contribution in [0.4, 0.5) is 5.69 Å². The number of anilines is 1. The molecule has 1 aromatic carbocycles. The van der Waals surface area contributed by atoms with Crippen LogP contribution in [0.5, 0.6) is 0 Å². The fourth-order valence-corrected chi connectivity index (χ4v) is 2.50. The Kier molecular flexibility index (Phi) is 4.40. The topological polar surface area (TPSA) is 49.5 Å². The number of nitrogens with two attached hydrogens (primary N) is 1. The van der Waals surface area contributed by atoms with Crippen molar-refractivity contribution in [1.29, 1.82) is 0 Å². The molecular formula is C14H22N2O. The van der Waals surface area contributed by atoms with Crippen molar-refractivity contribution < 1.29 is 5.11 Å². The van der Waals surface area contributed by atoms with Crippen LogP contribution in [-0.4, -0.2) is 24.7 Å². The normalized spacial score (nSPS) is 18.8. The molecule has 1 heterocycles. The van der Waals surface area contributed by atoms with E-state index in [1.165, 1.54) is 25.7 Å². The van der Waals surface area contributed by atoms with Gasteiger partial charge in [0.1, 0.15) is 0 Å². The van der Waals surface area contributed by atoms with Gasteiger partial charge in [0.15, 0.2) is 0 Å². The van der Waals surface area contributed by atoms with E-state index in [0.717, 1.165) is 24.3 Å². The molecule has 1 fully saturated rings. The van der Waals surface area contributed by atoms with E-state index in [0.29, 0.717) is 0 Å². The summed E-state index contributed by atoms with van der Waals surface area (Å²) >= 11 is 0. The van der Waals surface area contributed by atoms with Crippen molar-refractivity contribution in [3.63, 3.8) is 0 Å². The summed E-state index contributed by atoms with van der Waals surface area (Å²) in [6.07, 6.45) is 4.57. The van der Waals surface area contributed by atoms with Crippen molar-refractivity contribution in [3.8, 4) is 0 Å². The summed E-state index contributed by atoms with van der Waals surface area (Å²) in [6.45, 7) is 2.47. The number of rotatable bonds is 3. The number of hydrogen-bond acceptors (Lipinski definition) is 3. The number of nitrogens with zero attached hydrogens (tertiary/aromatic N) is 1. The number of aliphatic hydroxyl groups is 1. The fraction of sp³-hybridized carbons (Fsp3) is 0.571. The quantitative estimate of drug-likeness (QED) is 0.841. The van der Waals surface area contributed by atoms with Crippen molar-refractivity contribution in [1.82, 2.24) is 0 Å². The van der Waals surface area contributed by atoms with Crippen LogP contribution < -0.4 is 10.6 Å². The first-order chi connectivity index (χ1) is 8.33. The van der Waals surface area contributed by atoms with E-state index in [-0.39, 0.29) is 6.54 Å². The van der Waals surface area contributed by atoms with E-state index in [9.17, 15) is 5.11 Å². The van der Waals surface area contributed by atoms with E-state index < -0.39 is 6.10 Å². The molecule has 94 valence electrons. The number of aliphatic hydroxyl groups excluding tert-OH is 1. The Morgan fingerprint density at radius 3 is 2.41 bits per heavy atom. The number of benzene rings is 1. The summed E-state index contributed by atoms with van der Waals surface area (Å²) < 4.78 is 0. The first-order valence-corrected chi connectivity index (χ1v) is 6.55. The molecule has 1 atom stereocenters. The Hall–Kier alpha value is -1.06. The van der Waals surface area contributed by atoms with E-state index >= 15 is 0 Å². The van der Waals surface area contributed by atoms with Gasteiger partial charge in [0.05, 0.1) is 6.10 Å². The minimum absolute atomic E-state index is 0.283. The van der Waals surface area contributed by atoms with Gasteiger partial charge in [-0.05, 0) is 18.9 Å². The Morgan fingerprint density at radius 2 is 1.76 bits per heavy atom. The molecular weight excluding hydrogens is 212 g/mol. The first kappa shape index (κ1) is 12.4. The summed E-state index contributed by atoms with van der Waals surface area (Å²) in [7, 11) is 0. The van der Waals surface area contributed by atoms with Crippen molar-refractivity contribution in [2.24, 2.45) is 5.73 Å². The highest BCUT2D eigenvalue weighted by molar-refractivity contribution is 5.54. The number of para-hydroxylation sites is 1. The summed E-state index contributed by atoms with van der Waals surface area (Å²) in [5.41, 5.74) is 7.69. The predicted molar refractivity (Wildman–Crippen MR) is 71.1 cm³/mol. The van der Waals surface area contributed by atoms with E-state index in [1.54, 1.807) is 0 Å². The summed E-state index contributed by atoms with van der Waals surface area (Å²) in [4.78, 5) is 2.39. The maximum atomic E-state index is 9.96. The molecule has 0 aliphatic carbocycles. The highest BCUT2D eigenvalue weighted by atomic mass is 16.3. The molecule has 3 heteroatoms. The molecule has 1 saturated heterocycles. The van der Waals surface area contributed by atoms with Crippen LogP contribution in [0.15, 0.2) is 24.3 Å². The molecule has 0 amide bonds. The lowest BCUT2D eigenvalue weighted by atomic mass is 10.1. The molecule has 3 N–H and O–H groups in total. The standard InChI is InChI=1S/C14H22N2O/c15-11-14(17)12-7-3-4-8-13(12)16-9-5-1-2-6-10-16/h3-4,7-8,14,17H,1-2,5-6,9-11,15H2. The Labute approximate surface area is 103 Å². The zero-order chi connectivity index (χ0) is 12.1. The van der Waals surface area contributed by atoms with Gasteiger partial charge in [-0.3, -0.25) is 0 Å². The minimum Gasteiger partial charge on any atom is -0.387 e. The average molecular weight is 234 g/mol. The van der Waals surface area contributed by atoms with Crippen LogP contribution in [0.1, 0.15) is 37.4 Å². The van der Waals surface area contributed by atoms with Gasteiger partial charge in [-0.25, -0.2) is 0 Å². The predicted octanol–water partition coefficient (Wildman–Crippen LogP) is 2.06. The van der Waals surface area contributed by atoms with E-state index in [1.807, 2.05) is 18.2 Å². The van der Waals surface area contributed by atoms with Crippen molar-refractivity contribution in [3.05, 3.63) is 29.8 Å². The van der Waals surface area contributed by atoms with Crippen LogP contribution in [0.3, 0.4) is 0 Å². The van der Waals surface area contributed by atoms with Crippen LogP contribution in [-0.2, 0) is 0 Å². The lowest BCUT2D eigenvalue weighted by Crippen LogP contribution is -2.26. The van der Waals surface area contributed by atoms with Crippen LogP contribution in [0, 0.1) is 0 Å². The molecule has 0 bridgehead atoms. The first-order valence-electron chi connectivity index (χ1n) is 6.55. The molecule has 2 rings (SSSR count). The molecule has 1 aliphatic rings. The van der Waals surface area contributed by atoms with Gasteiger partial charge in [-0.2, -0.15) is 0 Å². The van der Waals surface area contributed by atoms with Gasteiger partial charge in [-0.15, -0.1) is 0 Å². The highest BCUT2D eigenvalue weighted by Gasteiger charge is 2.16. The minimum atomic E-state index is -0.547. The zero-order valence-corrected chi connectivity index (χ0v) is 10.3. The van der Waals surface area contributed by atoms with Gasteiger partial charge in [0, 0.05) is 30.9 Å². The third-order valence-corrected chi connectivity index (χ3v) is 3.47. The number of hydrogen-bond donors (Lipinski definition) is 2. The maximum Gasteiger partial charge on any atom is 0.0932 e. The lowest BCUT2D eigenvalue weighted by Gasteiger charge is -2.26. The molecule has 1 unspecified atom stereocenters. The SMILES string of the molecule is NCC(O)c1ccccc1N1CCCCCC1. The van der Waals surface area contributed by atoms with Gasteiger partial charge < -0.3 is 15.7 Å². The summed E-state index contributed by atoms with van der Waals surface area (Å²) in [5.74, 6) is 0. The molecule has 1 aliphatic heterocycles. The van der Waals surface area contributed by atoms with Crippen molar-refractivity contribution in [2.45, 2.75) is 31.8 Å². The molecule has 1 aromatic rings. The molecule has 17 heavy (non-hydrogen) atoms. The van der Waals surface area contributed by atoms with Crippen LogP contribution in [0.25, 0.3) is 0 Å². The molecule has 3 nitrogen and oxygen atoms in total. The van der Waals surface area contributed by atoms with Gasteiger partial charge in [-0.1, -0.05) is 31.0 Å². The fourth-order valence-electron chi connectivity index (χ4n) is 2.50. The van der Waals surface area contributed by atoms with E-state index in [4.69, 9.17) is 5.73 Å². The maximum absolute atomic E-state index is 9.96. The molecule has 0 saturated carbocycles. The van der Waals surface area contributed by atoms with Crippen molar-refractivity contribution in [2.75, 3.05) is 24.5 Å². The largest absolute Gasteiger partial charge is 0.387 e. The zero-order valence-electron chi connectivity index (χ0n) is 10.3. The smallest absolute Gasteiger partial charge is 0.0932 e. The molecule has 0 spiro atoms. The Balaban J connectivity index is 2.23. The van der Waals surface area contributed by atoms with Crippen LogP contribution >= 0.6 is 0 Å². The molecule has 0 aromatic heterocycles.